The zero-order valence-corrected chi connectivity index (χ0v) is 23.0. The summed E-state index contributed by atoms with van der Waals surface area (Å²) in [6.45, 7) is 15.1. The van der Waals surface area contributed by atoms with Gasteiger partial charge in [0.05, 0.1) is 0 Å². The van der Waals surface area contributed by atoms with Gasteiger partial charge in [-0.25, -0.2) is 0 Å². The molecule has 1 N–H and O–H groups in total. The second-order valence-corrected chi connectivity index (χ2v) is 10.3. The van der Waals surface area contributed by atoms with Crippen LogP contribution >= 0.6 is 0 Å². The van der Waals surface area contributed by atoms with Crippen LogP contribution in [0, 0.1) is 46.5 Å². The molecule has 3 aliphatic rings. The fourth-order valence-corrected chi connectivity index (χ4v) is 5.72. The van der Waals surface area contributed by atoms with Crippen molar-refractivity contribution >= 4 is 52.6 Å². The van der Waals surface area contributed by atoms with Crippen LogP contribution in [0.2, 0.25) is 0 Å². The maximum atomic E-state index is 10.9. The van der Waals surface area contributed by atoms with Crippen LogP contribution in [-0.4, -0.2) is 34.2 Å². The van der Waals surface area contributed by atoms with Gasteiger partial charge in [0.2, 0.25) is 0 Å². The van der Waals surface area contributed by atoms with Gasteiger partial charge in [-0.1, -0.05) is 71.5 Å². The van der Waals surface area contributed by atoms with Crippen LogP contribution in [-0.2, 0) is 0 Å². The van der Waals surface area contributed by atoms with E-state index in [1.807, 2.05) is 6.92 Å². The third-order valence-corrected chi connectivity index (χ3v) is 8.55. The van der Waals surface area contributed by atoms with Gasteiger partial charge in [-0.15, -0.1) is 33.1 Å². The van der Waals surface area contributed by atoms with Crippen LogP contribution in [0.3, 0.4) is 0 Å². The Kier molecular flexibility index (Phi) is 5.68. The van der Waals surface area contributed by atoms with Gasteiger partial charge in [0.15, 0.2) is 0 Å². The number of aromatic nitrogens is 3. The number of aliphatic hydroxyl groups excluding tert-OH is 1. The van der Waals surface area contributed by atoms with Gasteiger partial charge in [-0.2, -0.15) is 5.70 Å². The predicted octanol–water partition coefficient (Wildman–Crippen LogP) is 1.98. The van der Waals surface area contributed by atoms with E-state index in [2.05, 4.69) is 59.8 Å². The maximum Gasteiger partial charge on any atom is 2.00 e. The quantitative estimate of drug-likeness (QED) is 0.506. The minimum atomic E-state index is 0. The Labute approximate surface area is 222 Å². The van der Waals surface area contributed by atoms with Gasteiger partial charge < -0.3 is 25.4 Å². The largest absolute Gasteiger partial charge is 2.00 e. The van der Waals surface area contributed by atoms with Gasteiger partial charge in [-0.3, -0.25) is 0 Å². The second-order valence-electron chi connectivity index (χ2n) is 10.3. The molecule has 6 rings (SSSR count). The monoisotopic (exact) mass is 474 g/mol. The summed E-state index contributed by atoms with van der Waals surface area (Å²) in [6, 6.07) is 0.00902. The minimum Gasteiger partial charge on any atom is -0.681 e. The molecular formula is C29H30MgN4O-2. The van der Waals surface area contributed by atoms with E-state index in [-0.39, 0.29) is 29.1 Å². The first kappa shape index (κ1) is 24.1. The summed E-state index contributed by atoms with van der Waals surface area (Å²) in [7, 11) is 0. The maximum absolute atomic E-state index is 10.9. The van der Waals surface area contributed by atoms with E-state index >= 15 is 0 Å². The van der Waals surface area contributed by atoms with Crippen LogP contribution in [0.1, 0.15) is 65.2 Å². The van der Waals surface area contributed by atoms with Crippen molar-refractivity contribution in [2.24, 2.45) is 11.8 Å². The predicted molar refractivity (Wildman–Crippen MR) is 142 cm³/mol. The number of nitrogens with zero attached hydrogens (tertiary/aromatic N) is 4. The van der Waals surface area contributed by atoms with Crippen molar-refractivity contribution in [1.29, 1.82) is 0 Å². The summed E-state index contributed by atoms with van der Waals surface area (Å²) < 4.78 is 0. The molecule has 5 nitrogen and oxygen atoms in total. The van der Waals surface area contributed by atoms with Crippen molar-refractivity contribution in [2.75, 3.05) is 0 Å². The molecule has 176 valence electrons. The topological polar surface area (TPSA) is 76.6 Å². The average molecular weight is 475 g/mol. The molecule has 1 aliphatic carbocycles. The number of hydrogen-bond donors (Lipinski definition) is 1. The molecule has 1 fully saturated rings. The van der Waals surface area contributed by atoms with Crippen LogP contribution in [0.4, 0.5) is 0 Å². The van der Waals surface area contributed by atoms with E-state index in [9.17, 15) is 5.11 Å². The Bertz CT molecular complexity index is 1660. The fraction of sp³-hybridized carbons (Fsp3) is 0.379. The van der Waals surface area contributed by atoms with Crippen molar-refractivity contribution in [3.05, 3.63) is 77.2 Å². The minimum absolute atomic E-state index is 0. The standard InChI is InChI=1S/C29H30N4O.Mg/c1-12-14(3)22-10-24-16(5)17(6)28(32-24)19-8-26(34)27-18(7)25(33-29(19)27)11-23-15(4)13(2)21(31-23)9-20(12)30-22;/h9-11,16-17,28,34H,8H2,1-7H3;/q-4;+2/b21-9-,23-11-,24-10-;/t16-,17-,28?;/m0./s1. The van der Waals surface area contributed by atoms with Crippen LogP contribution in [0.15, 0.2) is 5.70 Å². The Hall–Kier alpha value is -2.57. The van der Waals surface area contributed by atoms with Crippen molar-refractivity contribution in [1.82, 2.24) is 15.0 Å². The van der Waals surface area contributed by atoms with Gasteiger partial charge in [-0.05, 0) is 51.7 Å². The smallest absolute Gasteiger partial charge is 0.681 e. The number of fused-ring (bicyclic) bond motifs is 8. The Morgan fingerprint density at radius 2 is 1.31 bits per heavy atom. The number of rotatable bonds is 0. The summed E-state index contributed by atoms with van der Waals surface area (Å²) in [5, 5.41) is 19.8. The molecule has 1 saturated heterocycles. The molecule has 8 bridgehead atoms. The molecule has 5 heterocycles. The first-order chi connectivity index (χ1) is 16.2. The van der Waals surface area contributed by atoms with E-state index in [1.54, 1.807) is 0 Å². The normalized spacial score (nSPS) is 25.8. The Morgan fingerprint density at radius 1 is 0.743 bits per heavy atom. The first-order valence-corrected chi connectivity index (χ1v) is 12.1. The van der Waals surface area contributed by atoms with E-state index in [0.29, 0.717) is 24.0 Å². The summed E-state index contributed by atoms with van der Waals surface area (Å²) in [4.78, 5) is 15.0. The van der Waals surface area contributed by atoms with Crippen molar-refractivity contribution in [2.45, 2.75) is 60.9 Å². The van der Waals surface area contributed by atoms with Gasteiger partial charge in [0.25, 0.3) is 0 Å². The van der Waals surface area contributed by atoms with Gasteiger partial charge in [0, 0.05) is 6.42 Å². The van der Waals surface area contributed by atoms with Crippen LogP contribution < -0.4 is 36.2 Å². The molecular weight excluding hydrogens is 445 g/mol. The number of allylic oxidation sites excluding steroid dienone is 1. The Morgan fingerprint density at radius 3 is 1.94 bits per heavy atom. The molecule has 35 heavy (non-hydrogen) atoms. The van der Waals surface area contributed by atoms with Crippen molar-refractivity contribution in [3.8, 4) is 0 Å². The zero-order chi connectivity index (χ0) is 24.0. The molecule has 0 amide bonds. The van der Waals surface area contributed by atoms with E-state index in [4.69, 9.17) is 20.3 Å². The van der Waals surface area contributed by atoms with Crippen LogP contribution in [0.25, 0.3) is 34.9 Å². The average Bonchev–Trinajstić information content (AvgIpc) is 3.52. The third-order valence-electron chi connectivity index (χ3n) is 8.55. The molecule has 3 aromatic rings. The van der Waals surface area contributed by atoms with E-state index in [0.717, 1.165) is 66.3 Å². The molecule has 3 atom stereocenters. The number of aliphatic hydroxyl groups is 1. The SMILES string of the molecule is Cc1c2[n-]c(c1C)/C=c1\[n-]/c(c(C)c1C)=C\c1[n-]c3c(c1C)=C(O)CC=3C1[N-]/C(=C\2)[C@@H](C)[C@@H]1C.[Mg+2]. The van der Waals surface area contributed by atoms with Gasteiger partial charge in [0.1, 0.15) is 5.76 Å². The summed E-state index contributed by atoms with van der Waals surface area (Å²) >= 11 is 0. The molecule has 0 radical (unpaired) electrons. The molecule has 0 spiro atoms. The first-order valence-electron chi connectivity index (χ1n) is 12.1. The van der Waals surface area contributed by atoms with Crippen molar-refractivity contribution in [3.63, 3.8) is 0 Å². The molecule has 0 aromatic carbocycles. The molecule has 2 aliphatic heterocycles. The van der Waals surface area contributed by atoms with Crippen molar-refractivity contribution < 1.29 is 5.11 Å². The molecule has 0 saturated carbocycles. The fourth-order valence-electron chi connectivity index (χ4n) is 5.72. The summed E-state index contributed by atoms with van der Waals surface area (Å²) in [5.74, 6) is 1.04. The van der Waals surface area contributed by atoms with Crippen LogP contribution in [0.5, 0.6) is 0 Å². The molecule has 1 unspecified atom stereocenters. The second kappa shape index (κ2) is 8.24. The third kappa shape index (κ3) is 3.40. The zero-order valence-electron chi connectivity index (χ0n) is 21.6. The Balaban J connectivity index is 0.00000253. The number of hydrogen-bond acceptors (Lipinski definition) is 1. The van der Waals surface area contributed by atoms with Gasteiger partial charge >= 0.3 is 23.1 Å². The summed E-state index contributed by atoms with van der Waals surface area (Å²) in [5.41, 5.74) is 10.7. The summed E-state index contributed by atoms with van der Waals surface area (Å²) in [6.07, 6.45) is 6.86. The van der Waals surface area contributed by atoms with E-state index in [1.165, 1.54) is 11.1 Å². The van der Waals surface area contributed by atoms with E-state index < -0.39 is 0 Å². The molecule has 3 aromatic heterocycles. The molecule has 6 heteroatoms.